The van der Waals surface area contributed by atoms with Gasteiger partial charge >= 0.3 is 0 Å². The minimum Gasteiger partial charge on any atom is -0.272 e. The van der Waals surface area contributed by atoms with Crippen molar-refractivity contribution in [1.82, 2.24) is 5.48 Å². The fourth-order valence-corrected chi connectivity index (χ4v) is 2.39. The molecule has 1 amide bonds. The first-order valence-electron chi connectivity index (χ1n) is 6.83. The van der Waals surface area contributed by atoms with Crippen molar-refractivity contribution < 1.29 is 9.63 Å². The molecule has 102 valence electrons. The van der Waals surface area contributed by atoms with Gasteiger partial charge in [0.15, 0.2) is 0 Å². The lowest BCUT2D eigenvalue weighted by Crippen LogP contribution is -2.34. The molecule has 0 radical (unpaired) electrons. The van der Waals surface area contributed by atoms with Crippen LogP contribution < -0.4 is 5.48 Å². The summed E-state index contributed by atoms with van der Waals surface area (Å²) in [5, 5.41) is 0. The quantitative estimate of drug-likeness (QED) is 0.846. The summed E-state index contributed by atoms with van der Waals surface area (Å²) >= 11 is 0. The Hall–Kier alpha value is -2.13. The first-order valence-corrected chi connectivity index (χ1v) is 6.83. The summed E-state index contributed by atoms with van der Waals surface area (Å²) in [4.78, 5) is 17.6. The van der Waals surface area contributed by atoms with Crippen LogP contribution in [0.25, 0.3) is 0 Å². The Morgan fingerprint density at radius 3 is 2.20 bits per heavy atom. The van der Waals surface area contributed by atoms with Gasteiger partial charge in [0.25, 0.3) is 5.91 Å². The monoisotopic (exact) mass is 267 g/mol. The van der Waals surface area contributed by atoms with Crippen molar-refractivity contribution in [2.24, 2.45) is 0 Å². The molecule has 0 spiro atoms. The van der Waals surface area contributed by atoms with Gasteiger partial charge in [0, 0.05) is 0 Å². The van der Waals surface area contributed by atoms with E-state index < -0.39 is 0 Å². The average molecular weight is 267 g/mol. The summed E-state index contributed by atoms with van der Waals surface area (Å²) in [5.74, 6) is -0.0420. The summed E-state index contributed by atoms with van der Waals surface area (Å²) in [6.45, 7) is 0.386. The van der Waals surface area contributed by atoms with Crippen molar-refractivity contribution in [3.8, 4) is 0 Å². The molecule has 1 aliphatic rings. The van der Waals surface area contributed by atoms with Gasteiger partial charge in [-0.1, -0.05) is 60.7 Å². The van der Waals surface area contributed by atoms with Crippen LogP contribution in [0.4, 0.5) is 0 Å². The standard InChI is InChI=1S/C17H17NO2/c19-16(18-20-13-14-7-3-1-4-8-14)17(11-12-17)15-9-5-2-6-10-15/h1-10H,11-13H2,(H,18,19). The topological polar surface area (TPSA) is 38.3 Å². The van der Waals surface area contributed by atoms with E-state index >= 15 is 0 Å². The number of hydrogen-bond donors (Lipinski definition) is 1. The van der Waals surface area contributed by atoms with Crippen LogP contribution in [0.1, 0.15) is 24.0 Å². The number of rotatable bonds is 5. The predicted molar refractivity (Wildman–Crippen MR) is 76.7 cm³/mol. The second-order valence-electron chi connectivity index (χ2n) is 5.15. The maximum absolute atomic E-state index is 12.3. The highest BCUT2D eigenvalue weighted by molar-refractivity contribution is 5.90. The number of nitrogens with one attached hydrogen (secondary N) is 1. The number of benzene rings is 2. The molecule has 3 rings (SSSR count). The molecule has 2 aromatic carbocycles. The summed E-state index contributed by atoms with van der Waals surface area (Å²) in [7, 11) is 0. The van der Waals surface area contributed by atoms with Crippen molar-refractivity contribution in [2.45, 2.75) is 24.9 Å². The average Bonchev–Trinajstić information content (AvgIpc) is 3.31. The molecule has 20 heavy (non-hydrogen) atoms. The van der Waals surface area contributed by atoms with Gasteiger partial charge < -0.3 is 0 Å². The Kier molecular flexibility index (Phi) is 3.52. The van der Waals surface area contributed by atoms with E-state index in [0.717, 1.165) is 24.0 Å². The Balaban J connectivity index is 1.58. The van der Waals surface area contributed by atoms with Crippen LogP contribution >= 0.6 is 0 Å². The summed E-state index contributed by atoms with van der Waals surface area (Å²) < 4.78 is 0. The van der Waals surface area contributed by atoms with Crippen LogP contribution in [0.15, 0.2) is 60.7 Å². The molecule has 2 aromatic rings. The van der Waals surface area contributed by atoms with Gasteiger partial charge in [-0.05, 0) is 24.0 Å². The lowest BCUT2D eigenvalue weighted by Gasteiger charge is -2.15. The van der Waals surface area contributed by atoms with Crippen LogP contribution in [0.5, 0.6) is 0 Å². The normalized spacial score (nSPS) is 15.6. The van der Waals surface area contributed by atoms with E-state index in [1.165, 1.54) is 0 Å². The smallest absolute Gasteiger partial charge is 0.254 e. The fourth-order valence-electron chi connectivity index (χ4n) is 2.39. The molecule has 0 saturated heterocycles. The molecule has 0 aromatic heterocycles. The molecule has 0 aliphatic heterocycles. The molecule has 1 N–H and O–H groups in total. The first kappa shape index (κ1) is 12.9. The second kappa shape index (κ2) is 5.47. The van der Waals surface area contributed by atoms with Crippen molar-refractivity contribution in [3.63, 3.8) is 0 Å². The number of carbonyl (C=O) groups is 1. The molecule has 0 bridgehead atoms. The van der Waals surface area contributed by atoms with Gasteiger partial charge in [0.05, 0.1) is 12.0 Å². The van der Waals surface area contributed by atoms with E-state index in [1.807, 2.05) is 60.7 Å². The summed E-state index contributed by atoms with van der Waals surface area (Å²) in [5.41, 5.74) is 4.33. The van der Waals surface area contributed by atoms with Crippen molar-refractivity contribution >= 4 is 5.91 Å². The third-order valence-electron chi connectivity index (χ3n) is 3.76. The van der Waals surface area contributed by atoms with Crippen molar-refractivity contribution in [3.05, 3.63) is 71.8 Å². The molecule has 0 unspecified atom stereocenters. The largest absolute Gasteiger partial charge is 0.272 e. The Labute approximate surface area is 118 Å². The zero-order valence-electron chi connectivity index (χ0n) is 11.2. The maximum atomic E-state index is 12.3. The molecular formula is C17H17NO2. The highest BCUT2D eigenvalue weighted by atomic mass is 16.6. The van der Waals surface area contributed by atoms with Crippen LogP contribution in [0, 0.1) is 0 Å². The summed E-state index contributed by atoms with van der Waals surface area (Å²) in [6, 6.07) is 19.7. The van der Waals surface area contributed by atoms with E-state index in [2.05, 4.69) is 5.48 Å². The van der Waals surface area contributed by atoms with Gasteiger partial charge in [0.2, 0.25) is 0 Å². The van der Waals surface area contributed by atoms with E-state index in [0.29, 0.717) is 6.61 Å². The zero-order valence-corrected chi connectivity index (χ0v) is 11.2. The number of amides is 1. The lowest BCUT2D eigenvalue weighted by molar-refractivity contribution is -0.137. The van der Waals surface area contributed by atoms with E-state index in [-0.39, 0.29) is 11.3 Å². The number of hydrogen-bond acceptors (Lipinski definition) is 2. The van der Waals surface area contributed by atoms with Crippen LogP contribution in [0.3, 0.4) is 0 Å². The van der Waals surface area contributed by atoms with Crippen molar-refractivity contribution in [2.75, 3.05) is 0 Å². The number of hydroxylamine groups is 1. The molecule has 1 aliphatic carbocycles. The minimum absolute atomic E-state index is 0.0420. The Morgan fingerprint density at radius 1 is 1.00 bits per heavy atom. The second-order valence-corrected chi connectivity index (χ2v) is 5.15. The Bertz CT molecular complexity index is 576. The molecular weight excluding hydrogens is 250 g/mol. The number of carbonyl (C=O) groups excluding carboxylic acids is 1. The first-order chi connectivity index (χ1) is 9.81. The van der Waals surface area contributed by atoms with Gasteiger partial charge in [-0.25, -0.2) is 5.48 Å². The highest BCUT2D eigenvalue weighted by Crippen LogP contribution is 2.48. The minimum atomic E-state index is -0.377. The maximum Gasteiger partial charge on any atom is 0.254 e. The third kappa shape index (κ3) is 2.58. The molecule has 1 saturated carbocycles. The van der Waals surface area contributed by atoms with E-state index in [4.69, 9.17) is 4.84 Å². The van der Waals surface area contributed by atoms with Gasteiger partial charge in [-0.2, -0.15) is 0 Å². The molecule has 3 heteroatoms. The van der Waals surface area contributed by atoms with Gasteiger partial charge in [0.1, 0.15) is 0 Å². The molecule has 0 heterocycles. The van der Waals surface area contributed by atoms with Gasteiger partial charge in [-0.15, -0.1) is 0 Å². The molecule has 1 fully saturated rings. The van der Waals surface area contributed by atoms with Gasteiger partial charge in [-0.3, -0.25) is 9.63 Å². The van der Waals surface area contributed by atoms with Crippen LogP contribution in [-0.4, -0.2) is 5.91 Å². The lowest BCUT2D eigenvalue weighted by atomic mass is 9.95. The fraction of sp³-hybridized carbons (Fsp3) is 0.235. The highest BCUT2D eigenvalue weighted by Gasteiger charge is 2.51. The van der Waals surface area contributed by atoms with Crippen molar-refractivity contribution in [1.29, 1.82) is 0 Å². The molecule has 0 atom stereocenters. The Morgan fingerprint density at radius 2 is 1.60 bits per heavy atom. The van der Waals surface area contributed by atoms with Crippen LogP contribution in [0.2, 0.25) is 0 Å². The summed E-state index contributed by atoms with van der Waals surface area (Å²) in [6.07, 6.45) is 1.77. The SMILES string of the molecule is O=C(NOCc1ccccc1)C1(c2ccccc2)CC1. The van der Waals surface area contributed by atoms with Crippen LogP contribution in [-0.2, 0) is 21.7 Å². The molecule has 3 nitrogen and oxygen atoms in total. The van der Waals surface area contributed by atoms with E-state index in [9.17, 15) is 4.79 Å². The third-order valence-corrected chi connectivity index (χ3v) is 3.76. The van der Waals surface area contributed by atoms with E-state index in [1.54, 1.807) is 0 Å². The zero-order chi connectivity index (χ0) is 13.8. The predicted octanol–water partition coefficient (Wildman–Crippen LogP) is 2.97.